The van der Waals surface area contributed by atoms with E-state index in [0.717, 1.165) is 13.0 Å². The van der Waals surface area contributed by atoms with Gasteiger partial charge in [0.2, 0.25) is 0 Å². The summed E-state index contributed by atoms with van der Waals surface area (Å²) in [6.45, 7) is 7.08. The van der Waals surface area contributed by atoms with Crippen LogP contribution in [0.25, 0.3) is 0 Å². The second-order valence-corrected chi connectivity index (χ2v) is 4.03. The summed E-state index contributed by atoms with van der Waals surface area (Å²) in [6, 6.07) is 8.98. The molecule has 1 N–H and O–H groups in total. The molecule has 90 valence electrons. The molecule has 0 spiro atoms. The molecule has 16 heavy (non-hydrogen) atoms. The molecule has 2 heteroatoms. The lowest BCUT2D eigenvalue weighted by Crippen LogP contribution is -2.29. The van der Waals surface area contributed by atoms with Crippen molar-refractivity contribution in [1.29, 1.82) is 0 Å². The van der Waals surface area contributed by atoms with E-state index in [0.29, 0.717) is 0 Å². The zero-order chi connectivity index (χ0) is 12.0. The van der Waals surface area contributed by atoms with Crippen LogP contribution in [-0.4, -0.2) is 19.8 Å². The summed E-state index contributed by atoms with van der Waals surface area (Å²) in [7, 11) is 1.98. The molecular formula is C14H23NO. The predicted molar refractivity (Wildman–Crippen MR) is 68.7 cm³/mol. The standard InChI is InChI=1S/C14H23NO/c1-5-12-8-7-9-13(10-12)14(15-4)11(3)16-6-2/h7-11,14-15H,5-6H2,1-4H3. The van der Waals surface area contributed by atoms with Gasteiger partial charge in [-0.2, -0.15) is 0 Å². The molecule has 1 rings (SSSR count). The minimum atomic E-state index is 0.196. The van der Waals surface area contributed by atoms with E-state index >= 15 is 0 Å². The highest BCUT2D eigenvalue weighted by Crippen LogP contribution is 2.20. The Morgan fingerprint density at radius 3 is 2.62 bits per heavy atom. The molecular weight excluding hydrogens is 198 g/mol. The summed E-state index contributed by atoms with van der Waals surface area (Å²) in [5.74, 6) is 0. The van der Waals surface area contributed by atoms with Crippen LogP contribution in [0, 0.1) is 0 Å². The Morgan fingerprint density at radius 2 is 2.06 bits per heavy atom. The highest BCUT2D eigenvalue weighted by atomic mass is 16.5. The minimum absolute atomic E-state index is 0.196. The average Bonchev–Trinajstić information content (AvgIpc) is 2.31. The van der Waals surface area contributed by atoms with Gasteiger partial charge in [-0.3, -0.25) is 0 Å². The number of likely N-dealkylation sites (N-methyl/N-ethyl adjacent to an activating group) is 1. The van der Waals surface area contributed by atoms with E-state index in [9.17, 15) is 0 Å². The molecule has 2 nitrogen and oxygen atoms in total. The number of hydrogen-bond acceptors (Lipinski definition) is 2. The Labute approximate surface area is 99.0 Å². The summed E-state index contributed by atoms with van der Waals surface area (Å²) in [5.41, 5.74) is 2.68. The summed E-state index contributed by atoms with van der Waals surface area (Å²) in [4.78, 5) is 0. The van der Waals surface area contributed by atoms with Crippen LogP contribution >= 0.6 is 0 Å². The molecule has 2 unspecified atom stereocenters. The second kappa shape index (κ2) is 6.66. The van der Waals surface area contributed by atoms with Crippen LogP contribution in [0.5, 0.6) is 0 Å². The van der Waals surface area contributed by atoms with Crippen molar-refractivity contribution in [2.75, 3.05) is 13.7 Å². The van der Waals surface area contributed by atoms with Gasteiger partial charge in [-0.05, 0) is 38.4 Å². The maximum Gasteiger partial charge on any atom is 0.0741 e. The zero-order valence-corrected chi connectivity index (χ0v) is 10.8. The van der Waals surface area contributed by atoms with Gasteiger partial charge in [0.25, 0.3) is 0 Å². The van der Waals surface area contributed by atoms with Gasteiger partial charge >= 0.3 is 0 Å². The quantitative estimate of drug-likeness (QED) is 0.797. The van der Waals surface area contributed by atoms with Crippen molar-refractivity contribution >= 4 is 0 Å². The van der Waals surface area contributed by atoms with Gasteiger partial charge in [0.05, 0.1) is 12.1 Å². The summed E-state index contributed by atoms with van der Waals surface area (Å²) in [5, 5.41) is 3.33. The van der Waals surface area contributed by atoms with E-state index < -0.39 is 0 Å². The Bertz CT molecular complexity index is 311. The molecule has 0 aromatic heterocycles. The number of rotatable bonds is 6. The molecule has 0 aliphatic heterocycles. The smallest absolute Gasteiger partial charge is 0.0741 e. The molecule has 0 bridgehead atoms. The number of nitrogens with one attached hydrogen (secondary N) is 1. The Morgan fingerprint density at radius 1 is 1.31 bits per heavy atom. The Balaban J connectivity index is 2.85. The molecule has 1 aromatic rings. The number of ether oxygens (including phenoxy) is 1. The first-order valence-corrected chi connectivity index (χ1v) is 6.10. The molecule has 0 fully saturated rings. The van der Waals surface area contributed by atoms with Gasteiger partial charge in [0.15, 0.2) is 0 Å². The molecule has 0 saturated heterocycles. The van der Waals surface area contributed by atoms with Gasteiger partial charge in [0.1, 0.15) is 0 Å². The topological polar surface area (TPSA) is 21.3 Å². The highest BCUT2D eigenvalue weighted by molar-refractivity contribution is 5.26. The lowest BCUT2D eigenvalue weighted by Gasteiger charge is -2.24. The third-order valence-corrected chi connectivity index (χ3v) is 2.93. The first kappa shape index (κ1) is 13.2. The SMILES string of the molecule is CCOC(C)C(NC)c1cccc(CC)c1. The fourth-order valence-electron chi connectivity index (χ4n) is 2.04. The molecule has 0 heterocycles. The van der Waals surface area contributed by atoms with Gasteiger partial charge in [-0.1, -0.05) is 31.2 Å². The zero-order valence-electron chi connectivity index (χ0n) is 10.8. The normalized spacial score (nSPS) is 14.8. The molecule has 2 atom stereocenters. The van der Waals surface area contributed by atoms with Crippen molar-refractivity contribution in [3.63, 3.8) is 0 Å². The van der Waals surface area contributed by atoms with Gasteiger partial charge < -0.3 is 10.1 Å². The van der Waals surface area contributed by atoms with Gasteiger partial charge in [-0.15, -0.1) is 0 Å². The first-order chi connectivity index (χ1) is 7.72. The first-order valence-electron chi connectivity index (χ1n) is 6.10. The van der Waals surface area contributed by atoms with Crippen molar-refractivity contribution in [1.82, 2.24) is 5.32 Å². The van der Waals surface area contributed by atoms with E-state index in [2.05, 4.69) is 43.4 Å². The number of benzene rings is 1. The van der Waals surface area contributed by atoms with Gasteiger partial charge in [0, 0.05) is 6.61 Å². The molecule has 0 saturated carbocycles. The van der Waals surface area contributed by atoms with Crippen molar-refractivity contribution in [2.45, 2.75) is 39.3 Å². The second-order valence-electron chi connectivity index (χ2n) is 4.03. The third-order valence-electron chi connectivity index (χ3n) is 2.93. The maximum atomic E-state index is 5.66. The number of hydrogen-bond donors (Lipinski definition) is 1. The lowest BCUT2D eigenvalue weighted by atomic mass is 9.99. The fourth-order valence-corrected chi connectivity index (χ4v) is 2.04. The van der Waals surface area contributed by atoms with Crippen LogP contribution in [0.4, 0.5) is 0 Å². The van der Waals surface area contributed by atoms with Crippen LogP contribution in [0.2, 0.25) is 0 Å². The van der Waals surface area contributed by atoms with Crippen LogP contribution in [0.3, 0.4) is 0 Å². The van der Waals surface area contributed by atoms with E-state index in [1.165, 1.54) is 11.1 Å². The van der Waals surface area contributed by atoms with Crippen molar-refractivity contribution in [3.05, 3.63) is 35.4 Å². The van der Waals surface area contributed by atoms with E-state index in [-0.39, 0.29) is 12.1 Å². The third kappa shape index (κ3) is 3.32. The highest BCUT2D eigenvalue weighted by Gasteiger charge is 2.17. The van der Waals surface area contributed by atoms with Crippen molar-refractivity contribution < 1.29 is 4.74 Å². The number of aryl methyl sites for hydroxylation is 1. The van der Waals surface area contributed by atoms with Crippen LogP contribution < -0.4 is 5.32 Å². The monoisotopic (exact) mass is 221 g/mol. The molecule has 0 aliphatic rings. The predicted octanol–water partition coefficient (Wildman–Crippen LogP) is 2.93. The summed E-state index contributed by atoms with van der Waals surface area (Å²) >= 11 is 0. The Hall–Kier alpha value is -0.860. The van der Waals surface area contributed by atoms with Crippen LogP contribution in [0.15, 0.2) is 24.3 Å². The summed E-state index contributed by atoms with van der Waals surface area (Å²) < 4.78 is 5.66. The lowest BCUT2D eigenvalue weighted by molar-refractivity contribution is 0.0493. The van der Waals surface area contributed by atoms with E-state index in [4.69, 9.17) is 4.74 Å². The van der Waals surface area contributed by atoms with E-state index in [1.54, 1.807) is 0 Å². The molecule has 0 aliphatic carbocycles. The average molecular weight is 221 g/mol. The van der Waals surface area contributed by atoms with Crippen LogP contribution in [0.1, 0.15) is 37.9 Å². The minimum Gasteiger partial charge on any atom is -0.377 e. The molecule has 0 radical (unpaired) electrons. The summed E-state index contributed by atoms with van der Waals surface area (Å²) in [6.07, 6.45) is 1.27. The van der Waals surface area contributed by atoms with E-state index in [1.807, 2.05) is 14.0 Å². The molecule has 0 amide bonds. The maximum absolute atomic E-state index is 5.66. The molecule has 1 aromatic carbocycles. The van der Waals surface area contributed by atoms with Gasteiger partial charge in [-0.25, -0.2) is 0 Å². The van der Waals surface area contributed by atoms with Crippen LogP contribution in [-0.2, 0) is 11.2 Å². The van der Waals surface area contributed by atoms with Crippen molar-refractivity contribution in [2.24, 2.45) is 0 Å². The van der Waals surface area contributed by atoms with Crippen molar-refractivity contribution in [3.8, 4) is 0 Å². The Kier molecular flexibility index (Phi) is 5.50. The largest absolute Gasteiger partial charge is 0.377 e. The fraction of sp³-hybridized carbons (Fsp3) is 0.571.